The molecular formula is C27H27FN6O3. The number of halogens is 1. The number of aryl methyl sites for hydroxylation is 1. The average Bonchev–Trinajstić information content (AvgIpc) is 3.49. The lowest BCUT2D eigenvalue weighted by molar-refractivity contribution is -0.127. The van der Waals surface area contributed by atoms with Gasteiger partial charge in [-0.25, -0.2) is 9.37 Å². The molecular weight excluding hydrogens is 475 g/mol. The van der Waals surface area contributed by atoms with Crippen LogP contribution in [0, 0.1) is 5.82 Å². The minimum atomic E-state index is -0.511. The van der Waals surface area contributed by atoms with E-state index in [0.29, 0.717) is 41.6 Å². The van der Waals surface area contributed by atoms with E-state index in [2.05, 4.69) is 15.8 Å². The molecule has 1 aromatic carbocycles. The van der Waals surface area contributed by atoms with Crippen LogP contribution in [0.1, 0.15) is 24.1 Å². The molecule has 3 aromatic rings. The third-order valence-corrected chi connectivity index (χ3v) is 6.63. The number of hydrogen-bond donors (Lipinski definition) is 0. The van der Waals surface area contributed by atoms with Crippen molar-refractivity contribution in [2.75, 3.05) is 32.7 Å². The molecule has 0 N–H and O–H groups in total. The highest BCUT2D eigenvalue weighted by Gasteiger charge is 2.32. The molecule has 2 aliphatic rings. The molecule has 2 aromatic heterocycles. The van der Waals surface area contributed by atoms with Gasteiger partial charge in [-0.05, 0) is 30.7 Å². The van der Waals surface area contributed by atoms with Crippen LogP contribution in [0.15, 0.2) is 48.2 Å². The van der Waals surface area contributed by atoms with Gasteiger partial charge in [0.15, 0.2) is 17.4 Å². The van der Waals surface area contributed by atoms with Crippen molar-refractivity contribution in [1.82, 2.24) is 24.6 Å². The molecule has 1 saturated heterocycles. The molecule has 1 fully saturated rings. The number of likely N-dealkylation sites (N-methyl/N-ethyl adjacent to an activating group) is 1. The molecule has 10 heteroatoms. The summed E-state index contributed by atoms with van der Waals surface area (Å²) in [6.45, 7) is 0.491. The SMILES string of the molecule is COc1cc(C=C=C2C=Cc3ncc(-c4cnn(C)c4)nc3N2CC2CCC(=O)N2C)c(F)c(OC)c1. The number of anilines is 1. The molecule has 1 unspecified atom stereocenters. The van der Waals surface area contributed by atoms with E-state index < -0.39 is 5.82 Å². The van der Waals surface area contributed by atoms with E-state index in [9.17, 15) is 9.18 Å². The smallest absolute Gasteiger partial charge is 0.222 e. The number of carbonyl (C=O) groups is 1. The van der Waals surface area contributed by atoms with Crippen molar-refractivity contribution in [2.45, 2.75) is 18.9 Å². The van der Waals surface area contributed by atoms with Gasteiger partial charge >= 0.3 is 0 Å². The highest BCUT2D eigenvalue weighted by Crippen LogP contribution is 2.33. The van der Waals surface area contributed by atoms with E-state index in [1.807, 2.05) is 37.3 Å². The molecule has 4 heterocycles. The maximum atomic E-state index is 15.0. The summed E-state index contributed by atoms with van der Waals surface area (Å²) in [5, 5.41) is 4.24. The van der Waals surface area contributed by atoms with Gasteiger partial charge in [-0.2, -0.15) is 5.10 Å². The predicted molar refractivity (Wildman–Crippen MR) is 137 cm³/mol. The first-order valence-electron chi connectivity index (χ1n) is 11.8. The highest BCUT2D eigenvalue weighted by atomic mass is 19.1. The minimum Gasteiger partial charge on any atom is -0.497 e. The third-order valence-electron chi connectivity index (χ3n) is 6.63. The summed E-state index contributed by atoms with van der Waals surface area (Å²) < 4.78 is 27.1. The Morgan fingerprint density at radius 1 is 1.19 bits per heavy atom. The van der Waals surface area contributed by atoms with E-state index >= 15 is 0 Å². The van der Waals surface area contributed by atoms with Crippen molar-refractivity contribution in [3.63, 3.8) is 0 Å². The lowest BCUT2D eigenvalue weighted by Gasteiger charge is -2.32. The summed E-state index contributed by atoms with van der Waals surface area (Å²) in [6.07, 6.45) is 11.8. The van der Waals surface area contributed by atoms with Crippen molar-refractivity contribution in [3.8, 4) is 22.8 Å². The van der Waals surface area contributed by atoms with Crippen LogP contribution in [0.5, 0.6) is 11.5 Å². The van der Waals surface area contributed by atoms with Gasteiger partial charge in [0.05, 0.1) is 38.0 Å². The second kappa shape index (κ2) is 9.91. The third kappa shape index (κ3) is 4.71. The highest BCUT2D eigenvalue weighted by molar-refractivity contribution is 5.79. The largest absolute Gasteiger partial charge is 0.497 e. The fourth-order valence-electron chi connectivity index (χ4n) is 4.47. The molecule has 5 rings (SSSR count). The predicted octanol–water partition coefficient (Wildman–Crippen LogP) is 3.68. The summed E-state index contributed by atoms with van der Waals surface area (Å²) in [6, 6.07) is 3.06. The molecule has 1 amide bonds. The van der Waals surface area contributed by atoms with Crippen molar-refractivity contribution in [1.29, 1.82) is 0 Å². The Morgan fingerprint density at radius 3 is 2.70 bits per heavy atom. The zero-order valence-corrected chi connectivity index (χ0v) is 21.1. The first kappa shape index (κ1) is 24.3. The van der Waals surface area contributed by atoms with Gasteiger partial charge in [-0.15, -0.1) is 0 Å². The molecule has 0 radical (unpaired) electrons. The van der Waals surface area contributed by atoms with Crippen LogP contribution in [-0.2, 0) is 11.8 Å². The number of ether oxygens (including phenoxy) is 2. The number of hydrogen-bond acceptors (Lipinski definition) is 7. The topological polar surface area (TPSA) is 85.6 Å². The van der Waals surface area contributed by atoms with Crippen molar-refractivity contribution >= 4 is 23.9 Å². The van der Waals surface area contributed by atoms with E-state index in [-0.39, 0.29) is 23.3 Å². The Morgan fingerprint density at radius 2 is 2.03 bits per heavy atom. The molecule has 0 spiro atoms. The van der Waals surface area contributed by atoms with Crippen LogP contribution < -0.4 is 14.4 Å². The number of allylic oxidation sites excluding steroid dienone is 1. The standard InChI is InChI=1S/C27H27FN6O3/c1-32-15-18(13-30-32)23-14-29-22-9-7-19(6-5-17-11-21(36-3)12-24(37-4)26(17)28)34(27(22)31-23)16-20-8-10-25(35)33(20)2/h5,7,9,11-15,20H,8,10,16H2,1-4H3. The Labute approximate surface area is 214 Å². The maximum absolute atomic E-state index is 15.0. The Hall–Kier alpha value is -4.43. The van der Waals surface area contributed by atoms with Gasteiger partial charge in [0.25, 0.3) is 0 Å². The molecule has 0 aliphatic carbocycles. The zero-order chi connectivity index (χ0) is 26.1. The fourth-order valence-corrected chi connectivity index (χ4v) is 4.47. The van der Waals surface area contributed by atoms with Gasteiger partial charge in [0, 0.05) is 56.5 Å². The van der Waals surface area contributed by atoms with Crippen LogP contribution in [0.2, 0.25) is 0 Å². The van der Waals surface area contributed by atoms with E-state index in [1.165, 1.54) is 20.3 Å². The number of carbonyl (C=O) groups excluding carboxylic acids is 1. The normalized spacial score (nSPS) is 16.6. The van der Waals surface area contributed by atoms with E-state index in [1.54, 1.807) is 34.1 Å². The zero-order valence-electron chi connectivity index (χ0n) is 21.1. The number of likely N-dealkylation sites (tertiary alicyclic amines) is 1. The molecule has 0 bridgehead atoms. The van der Waals surface area contributed by atoms with Gasteiger partial charge in [-0.3, -0.25) is 14.5 Å². The maximum Gasteiger partial charge on any atom is 0.222 e. The molecule has 190 valence electrons. The van der Waals surface area contributed by atoms with Crippen LogP contribution in [-0.4, -0.2) is 64.4 Å². The number of nitrogens with zero attached hydrogens (tertiary/aromatic N) is 6. The van der Waals surface area contributed by atoms with Crippen molar-refractivity contribution < 1.29 is 18.7 Å². The second-order valence-electron chi connectivity index (χ2n) is 8.91. The molecule has 9 nitrogen and oxygen atoms in total. The monoisotopic (exact) mass is 502 g/mol. The van der Waals surface area contributed by atoms with Crippen LogP contribution in [0.4, 0.5) is 10.2 Å². The number of fused-ring (bicyclic) bond motifs is 1. The van der Waals surface area contributed by atoms with Gasteiger partial charge in [-0.1, -0.05) is 5.73 Å². The van der Waals surface area contributed by atoms with E-state index in [0.717, 1.165) is 12.0 Å². The van der Waals surface area contributed by atoms with Crippen LogP contribution in [0.25, 0.3) is 23.4 Å². The summed E-state index contributed by atoms with van der Waals surface area (Å²) in [7, 11) is 6.58. The summed E-state index contributed by atoms with van der Waals surface area (Å²) >= 11 is 0. The average molecular weight is 503 g/mol. The fraction of sp³-hybridized carbons (Fsp3) is 0.296. The molecule has 1 atom stereocenters. The lowest BCUT2D eigenvalue weighted by atomic mass is 10.1. The van der Waals surface area contributed by atoms with Crippen molar-refractivity contribution in [2.24, 2.45) is 7.05 Å². The molecule has 2 aliphatic heterocycles. The molecule has 0 saturated carbocycles. The van der Waals surface area contributed by atoms with Crippen LogP contribution >= 0.6 is 0 Å². The van der Waals surface area contributed by atoms with Crippen LogP contribution in [0.3, 0.4) is 0 Å². The summed E-state index contributed by atoms with van der Waals surface area (Å²) in [5.74, 6) is 0.784. The Balaban J connectivity index is 1.60. The summed E-state index contributed by atoms with van der Waals surface area (Å²) in [5.41, 5.74) is 6.37. The Kier molecular flexibility index (Phi) is 6.50. The van der Waals surface area contributed by atoms with E-state index in [4.69, 9.17) is 14.5 Å². The van der Waals surface area contributed by atoms with Gasteiger partial charge in [0.1, 0.15) is 11.4 Å². The minimum absolute atomic E-state index is 0.0128. The number of benzene rings is 1. The number of methoxy groups -OCH3 is 2. The number of amides is 1. The quantitative estimate of drug-likeness (QED) is 0.476. The number of rotatable bonds is 6. The number of aromatic nitrogens is 4. The first-order chi connectivity index (χ1) is 17.9. The Bertz CT molecular complexity index is 1460. The first-order valence-corrected chi connectivity index (χ1v) is 11.8. The molecule has 37 heavy (non-hydrogen) atoms. The lowest BCUT2D eigenvalue weighted by Crippen LogP contribution is -2.40. The summed E-state index contributed by atoms with van der Waals surface area (Å²) in [4.78, 5) is 25.5. The van der Waals surface area contributed by atoms with Crippen molar-refractivity contribution in [3.05, 3.63) is 65.3 Å². The second-order valence-corrected chi connectivity index (χ2v) is 8.91. The van der Waals surface area contributed by atoms with Gasteiger partial charge in [0.2, 0.25) is 5.91 Å². The van der Waals surface area contributed by atoms with Gasteiger partial charge < -0.3 is 19.3 Å².